The summed E-state index contributed by atoms with van der Waals surface area (Å²) in [5.41, 5.74) is 0.525. The zero-order chi connectivity index (χ0) is 12.3. The number of carboxylic acids is 1. The molecule has 0 spiro atoms. The Morgan fingerprint density at radius 2 is 2.19 bits per heavy atom. The number of carbonyl (C=O) groups is 1. The number of hydrogen-bond donors (Lipinski definition) is 1. The van der Waals surface area contributed by atoms with Crippen molar-refractivity contribution in [3.8, 4) is 5.75 Å². The zero-order valence-electron chi connectivity index (χ0n) is 8.84. The van der Waals surface area contributed by atoms with Crippen LogP contribution in [0.15, 0.2) is 18.2 Å². The van der Waals surface area contributed by atoms with Gasteiger partial charge in [-0.1, -0.05) is 0 Å². The highest BCUT2D eigenvalue weighted by molar-refractivity contribution is 5.72. The van der Waals surface area contributed by atoms with Gasteiger partial charge in [0.25, 0.3) is 5.69 Å². The molecule has 1 rings (SSSR count). The lowest BCUT2D eigenvalue weighted by Gasteiger charge is -2.12. The van der Waals surface area contributed by atoms with E-state index in [0.717, 1.165) is 0 Å². The molecule has 0 saturated heterocycles. The van der Waals surface area contributed by atoms with Crippen molar-refractivity contribution in [2.24, 2.45) is 0 Å². The van der Waals surface area contributed by atoms with Crippen LogP contribution in [0.3, 0.4) is 0 Å². The molecular weight excluding hydrogens is 214 g/mol. The number of benzene rings is 1. The fourth-order valence-corrected chi connectivity index (χ4v) is 1.07. The van der Waals surface area contributed by atoms with Crippen molar-refractivity contribution in [1.82, 2.24) is 0 Å². The van der Waals surface area contributed by atoms with Crippen molar-refractivity contribution < 1.29 is 19.6 Å². The number of nitro benzene ring substituents is 1. The van der Waals surface area contributed by atoms with Gasteiger partial charge in [-0.3, -0.25) is 10.1 Å². The lowest BCUT2D eigenvalue weighted by Crippen LogP contribution is -2.23. The molecular formula is C10H11NO5. The van der Waals surface area contributed by atoms with E-state index in [4.69, 9.17) is 9.84 Å². The Balaban J connectivity index is 2.98. The molecule has 0 bridgehead atoms. The summed E-state index contributed by atoms with van der Waals surface area (Å²) in [6.07, 6.45) is -1.04. The van der Waals surface area contributed by atoms with Crippen molar-refractivity contribution >= 4 is 11.7 Å². The van der Waals surface area contributed by atoms with Gasteiger partial charge in [0.1, 0.15) is 5.75 Å². The standard InChI is InChI=1S/C10H11NO5/c1-6-3-4-8(11(14)15)5-9(6)16-7(2)10(12)13/h3-5,7H,1-2H3,(H,12,13). The highest BCUT2D eigenvalue weighted by Gasteiger charge is 2.16. The summed E-state index contributed by atoms with van der Waals surface area (Å²) in [4.78, 5) is 20.5. The second kappa shape index (κ2) is 4.61. The van der Waals surface area contributed by atoms with Gasteiger partial charge in [0.2, 0.25) is 0 Å². The van der Waals surface area contributed by atoms with E-state index in [9.17, 15) is 14.9 Å². The Hall–Kier alpha value is -2.11. The Labute approximate surface area is 91.6 Å². The molecule has 6 nitrogen and oxygen atoms in total. The maximum Gasteiger partial charge on any atom is 0.344 e. The van der Waals surface area contributed by atoms with Crippen LogP contribution in [0.4, 0.5) is 5.69 Å². The number of non-ortho nitro benzene ring substituents is 1. The Kier molecular flexibility index (Phi) is 3.44. The predicted octanol–water partition coefficient (Wildman–Crippen LogP) is 1.76. The molecule has 86 valence electrons. The van der Waals surface area contributed by atoms with Crippen LogP contribution >= 0.6 is 0 Å². The second-order valence-corrected chi connectivity index (χ2v) is 3.31. The summed E-state index contributed by atoms with van der Waals surface area (Å²) < 4.78 is 5.09. The molecule has 16 heavy (non-hydrogen) atoms. The lowest BCUT2D eigenvalue weighted by atomic mass is 10.2. The largest absolute Gasteiger partial charge is 0.479 e. The molecule has 1 aromatic carbocycles. The number of nitro groups is 1. The molecule has 0 saturated carbocycles. The van der Waals surface area contributed by atoms with Crippen molar-refractivity contribution in [3.63, 3.8) is 0 Å². The molecule has 6 heteroatoms. The van der Waals surface area contributed by atoms with E-state index < -0.39 is 17.0 Å². The molecule has 0 fully saturated rings. The fourth-order valence-electron chi connectivity index (χ4n) is 1.07. The topological polar surface area (TPSA) is 89.7 Å². The monoisotopic (exact) mass is 225 g/mol. The number of carboxylic acid groups (broad SMARTS) is 1. The van der Waals surface area contributed by atoms with Crippen molar-refractivity contribution in [3.05, 3.63) is 33.9 Å². The average molecular weight is 225 g/mol. The van der Waals surface area contributed by atoms with Crippen LogP contribution in [0.2, 0.25) is 0 Å². The third-order valence-electron chi connectivity index (χ3n) is 2.03. The van der Waals surface area contributed by atoms with Crippen LogP contribution < -0.4 is 4.74 Å². The van der Waals surface area contributed by atoms with E-state index in [1.807, 2.05) is 0 Å². The normalized spacial score (nSPS) is 11.9. The molecule has 0 aliphatic rings. The molecule has 0 aliphatic carbocycles. The first-order valence-electron chi connectivity index (χ1n) is 4.56. The number of rotatable bonds is 4. The fraction of sp³-hybridized carbons (Fsp3) is 0.300. The van der Waals surface area contributed by atoms with E-state index in [0.29, 0.717) is 5.56 Å². The minimum atomic E-state index is -1.12. The van der Waals surface area contributed by atoms with Gasteiger partial charge in [-0.15, -0.1) is 0 Å². The van der Waals surface area contributed by atoms with Gasteiger partial charge in [-0.2, -0.15) is 0 Å². The number of hydrogen-bond acceptors (Lipinski definition) is 4. The summed E-state index contributed by atoms with van der Waals surface area (Å²) in [6, 6.07) is 4.07. The first-order valence-corrected chi connectivity index (χ1v) is 4.56. The Bertz CT molecular complexity index is 429. The molecule has 0 heterocycles. The highest BCUT2D eigenvalue weighted by atomic mass is 16.6. The first kappa shape index (κ1) is 12.0. The van der Waals surface area contributed by atoms with Gasteiger partial charge in [0.05, 0.1) is 11.0 Å². The molecule has 1 unspecified atom stereocenters. The summed E-state index contributed by atoms with van der Waals surface area (Å²) in [5.74, 6) is -0.907. The van der Waals surface area contributed by atoms with Crippen LogP contribution in [-0.4, -0.2) is 22.1 Å². The number of ether oxygens (including phenoxy) is 1. The van der Waals surface area contributed by atoms with E-state index in [1.165, 1.54) is 25.1 Å². The van der Waals surface area contributed by atoms with Gasteiger partial charge >= 0.3 is 5.97 Å². The lowest BCUT2D eigenvalue weighted by molar-refractivity contribution is -0.385. The van der Waals surface area contributed by atoms with E-state index in [-0.39, 0.29) is 11.4 Å². The predicted molar refractivity (Wildman–Crippen MR) is 55.6 cm³/mol. The molecule has 0 aliphatic heterocycles. The van der Waals surface area contributed by atoms with Crippen LogP contribution in [0.5, 0.6) is 5.75 Å². The summed E-state index contributed by atoms with van der Waals surface area (Å²) in [6.45, 7) is 3.05. The van der Waals surface area contributed by atoms with Gasteiger partial charge < -0.3 is 9.84 Å². The number of nitrogens with zero attached hydrogens (tertiary/aromatic N) is 1. The third-order valence-corrected chi connectivity index (χ3v) is 2.03. The smallest absolute Gasteiger partial charge is 0.344 e. The average Bonchev–Trinajstić information content (AvgIpc) is 2.20. The highest BCUT2D eigenvalue weighted by Crippen LogP contribution is 2.24. The van der Waals surface area contributed by atoms with Gasteiger partial charge in [-0.05, 0) is 25.5 Å². The van der Waals surface area contributed by atoms with E-state index in [2.05, 4.69) is 0 Å². The second-order valence-electron chi connectivity index (χ2n) is 3.31. The molecule has 1 atom stereocenters. The summed E-state index contributed by atoms with van der Waals surface area (Å²) >= 11 is 0. The summed E-state index contributed by atoms with van der Waals surface area (Å²) in [5, 5.41) is 19.2. The van der Waals surface area contributed by atoms with Crippen molar-refractivity contribution in [1.29, 1.82) is 0 Å². The maximum absolute atomic E-state index is 10.6. The van der Waals surface area contributed by atoms with E-state index >= 15 is 0 Å². The van der Waals surface area contributed by atoms with Crippen LogP contribution in [0, 0.1) is 17.0 Å². The number of aryl methyl sites for hydroxylation is 1. The zero-order valence-corrected chi connectivity index (χ0v) is 8.84. The maximum atomic E-state index is 10.6. The van der Waals surface area contributed by atoms with Gasteiger partial charge in [0.15, 0.2) is 6.10 Å². The van der Waals surface area contributed by atoms with Gasteiger partial charge in [0, 0.05) is 6.07 Å². The van der Waals surface area contributed by atoms with Crippen LogP contribution in [0.1, 0.15) is 12.5 Å². The quantitative estimate of drug-likeness (QED) is 0.622. The molecule has 1 N–H and O–H groups in total. The van der Waals surface area contributed by atoms with Crippen LogP contribution in [0.25, 0.3) is 0 Å². The molecule has 1 aromatic rings. The Morgan fingerprint density at radius 3 is 2.69 bits per heavy atom. The molecule has 0 aromatic heterocycles. The summed E-state index contributed by atoms with van der Waals surface area (Å²) in [7, 11) is 0. The van der Waals surface area contributed by atoms with Crippen molar-refractivity contribution in [2.45, 2.75) is 20.0 Å². The Morgan fingerprint density at radius 1 is 1.56 bits per heavy atom. The minimum absolute atomic E-state index is 0.127. The third kappa shape index (κ3) is 2.69. The molecule has 0 radical (unpaired) electrons. The van der Waals surface area contributed by atoms with Crippen molar-refractivity contribution in [2.75, 3.05) is 0 Å². The first-order chi connectivity index (χ1) is 7.41. The van der Waals surface area contributed by atoms with Crippen LogP contribution in [-0.2, 0) is 4.79 Å². The molecule has 0 amide bonds. The van der Waals surface area contributed by atoms with E-state index in [1.54, 1.807) is 6.92 Å². The minimum Gasteiger partial charge on any atom is -0.479 e. The van der Waals surface area contributed by atoms with Gasteiger partial charge in [-0.25, -0.2) is 4.79 Å². The number of aliphatic carboxylic acids is 1. The SMILES string of the molecule is Cc1ccc([N+](=O)[O-])cc1OC(C)C(=O)O.